The van der Waals surface area contributed by atoms with E-state index in [9.17, 15) is 8.42 Å². The van der Waals surface area contributed by atoms with E-state index in [-0.39, 0.29) is 6.04 Å². The highest BCUT2D eigenvalue weighted by Gasteiger charge is 2.18. The van der Waals surface area contributed by atoms with Crippen molar-refractivity contribution in [2.75, 3.05) is 42.1 Å². The van der Waals surface area contributed by atoms with Crippen LogP contribution in [0.4, 0.5) is 11.4 Å². The molecule has 1 fully saturated rings. The van der Waals surface area contributed by atoms with E-state index in [0.29, 0.717) is 5.69 Å². The highest BCUT2D eigenvalue weighted by Crippen LogP contribution is 2.35. The van der Waals surface area contributed by atoms with Crippen molar-refractivity contribution in [2.45, 2.75) is 13.0 Å². The lowest BCUT2D eigenvalue weighted by atomic mass is 10.0. The first kappa shape index (κ1) is 25.1. The second-order valence-electron chi connectivity index (χ2n) is 9.96. The molecule has 1 atom stereocenters. The summed E-state index contributed by atoms with van der Waals surface area (Å²) in [5, 5.41) is 8.96. The molecule has 0 spiro atoms. The Morgan fingerprint density at radius 3 is 2.54 bits per heavy atom. The van der Waals surface area contributed by atoms with Gasteiger partial charge in [0, 0.05) is 66.8 Å². The zero-order valence-electron chi connectivity index (χ0n) is 21.9. The number of sulfonamides is 1. The van der Waals surface area contributed by atoms with Gasteiger partial charge < -0.3 is 15.2 Å². The van der Waals surface area contributed by atoms with Crippen molar-refractivity contribution in [1.29, 1.82) is 0 Å². The standard InChI is InChI=1S/C29H31N7O2S/c1-20(21-6-4-3-5-7-21)36-19-24(17-33-36)26-18-32-29-25(26)14-23(16-31-29)22-8-9-28(35-12-10-30-11-13-35)27(15-22)34-39(2,37)38/h3-9,14-20,30,34H,10-13H2,1-2H3,(H,31,32). The Hall–Kier alpha value is -4.15. The number of hydrogen-bond donors (Lipinski definition) is 3. The number of anilines is 2. The molecule has 0 radical (unpaired) electrons. The molecule has 0 bridgehead atoms. The summed E-state index contributed by atoms with van der Waals surface area (Å²) in [7, 11) is -3.45. The fourth-order valence-corrected chi connectivity index (χ4v) is 5.71. The summed E-state index contributed by atoms with van der Waals surface area (Å²) in [6.07, 6.45) is 8.89. The molecule has 0 saturated carbocycles. The fourth-order valence-electron chi connectivity index (χ4n) is 5.15. The Morgan fingerprint density at radius 1 is 0.974 bits per heavy atom. The van der Waals surface area contributed by atoms with Crippen LogP contribution in [0.1, 0.15) is 18.5 Å². The zero-order chi connectivity index (χ0) is 27.0. The van der Waals surface area contributed by atoms with E-state index in [0.717, 1.165) is 65.2 Å². The molecule has 5 aromatic rings. The topological polar surface area (TPSA) is 108 Å². The van der Waals surface area contributed by atoms with Gasteiger partial charge in [0.25, 0.3) is 0 Å². The van der Waals surface area contributed by atoms with Crippen LogP contribution in [0.2, 0.25) is 0 Å². The van der Waals surface area contributed by atoms with Crippen LogP contribution in [0.15, 0.2) is 79.4 Å². The van der Waals surface area contributed by atoms with Gasteiger partial charge >= 0.3 is 0 Å². The van der Waals surface area contributed by atoms with Crippen LogP contribution in [0.25, 0.3) is 33.3 Å². The predicted molar refractivity (Wildman–Crippen MR) is 157 cm³/mol. The number of aromatic nitrogens is 4. The van der Waals surface area contributed by atoms with E-state index in [4.69, 9.17) is 0 Å². The van der Waals surface area contributed by atoms with Crippen molar-refractivity contribution in [3.05, 3.63) is 84.9 Å². The van der Waals surface area contributed by atoms with Gasteiger partial charge in [-0.3, -0.25) is 9.40 Å². The molecule has 39 heavy (non-hydrogen) atoms. The highest BCUT2D eigenvalue weighted by molar-refractivity contribution is 7.92. The van der Waals surface area contributed by atoms with Gasteiger partial charge in [-0.15, -0.1) is 0 Å². The molecular weight excluding hydrogens is 510 g/mol. The van der Waals surface area contributed by atoms with Crippen LogP contribution in [0.3, 0.4) is 0 Å². The molecule has 0 amide bonds. The van der Waals surface area contributed by atoms with E-state index < -0.39 is 10.0 Å². The third-order valence-electron chi connectivity index (χ3n) is 7.21. The molecule has 9 nitrogen and oxygen atoms in total. The molecule has 3 N–H and O–H groups in total. The molecule has 2 aromatic carbocycles. The number of nitrogens with one attached hydrogen (secondary N) is 3. The lowest BCUT2D eigenvalue weighted by molar-refractivity contribution is 0.565. The van der Waals surface area contributed by atoms with Crippen molar-refractivity contribution in [3.63, 3.8) is 0 Å². The molecule has 4 heterocycles. The van der Waals surface area contributed by atoms with Crippen molar-refractivity contribution in [1.82, 2.24) is 25.1 Å². The van der Waals surface area contributed by atoms with Gasteiger partial charge in [-0.2, -0.15) is 5.10 Å². The van der Waals surface area contributed by atoms with Crippen molar-refractivity contribution >= 4 is 32.4 Å². The van der Waals surface area contributed by atoms with E-state index in [1.165, 1.54) is 11.8 Å². The number of pyridine rings is 1. The first-order chi connectivity index (χ1) is 18.9. The Morgan fingerprint density at radius 2 is 1.77 bits per heavy atom. The van der Waals surface area contributed by atoms with Gasteiger partial charge in [0.2, 0.25) is 10.0 Å². The van der Waals surface area contributed by atoms with Gasteiger partial charge in [-0.25, -0.2) is 13.4 Å². The van der Waals surface area contributed by atoms with Gasteiger partial charge in [-0.1, -0.05) is 36.4 Å². The summed E-state index contributed by atoms with van der Waals surface area (Å²) in [6.45, 7) is 5.48. The molecule has 3 aromatic heterocycles. The van der Waals surface area contributed by atoms with Crippen molar-refractivity contribution < 1.29 is 8.42 Å². The van der Waals surface area contributed by atoms with Crippen LogP contribution in [0.5, 0.6) is 0 Å². The minimum absolute atomic E-state index is 0.105. The van der Waals surface area contributed by atoms with Crippen molar-refractivity contribution in [2.24, 2.45) is 0 Å². The van der Waals surface area contributed by atoms with E-state index in [2.05, 4.69) is 61.3 Å². The minimum atomic E-state index is -3.45. The number of aromatic amines is 1. The van der Waals surface area contributed by atoms with Crippen LogP contribution < -0.4 is 14.9 Å². The SMILES string of the molecule is CC(c1ccccc1)n1cc(-c2c[nH]c3ncc(-c4ccc(N5CCNCC5)c(NS(C)(=O)=O)c4)cc23)cn1. The van der Waals surface area contributed by atoms with Gasteiger partial charge in [0.15, 0.2) is 0 Å². The summed E-state index contributed by atoms with van der Waals surface area (Å²) in [6, 6.07) is 18.4. The monoisotopic (exact) mass is 541 g/mol. The second kappa shape index (κ2) is 10.2. The molecule has 1 aliphatic heterocycles. The number of nitrogens with zero attached hydrogens (tertiary/aromatic N) is 4. The number of H-pyrrole nitrogens is 1. The number of hydrogen-bond acceptors (Lipinski definition) is 6. The Bertz CT molecular complexity index is 1720. The molecule has 6 rings (SSSR count). The zero-order valence-corrected chi connectivity index (χ0v) is 22.7. The average Bonchev–Trinajstić information content (AvgIpc) is 3.60. The lowest BCUT2D eigenvalue weighted by Crippen LogP contribution is -2.43. The number of fused-ring (bicyclic) bond motifs is 1. The molecule has 10 heteroatoms. The minimum Gasteiger partial charge on any atom is -0.367 e. The third-order valence-corrected chi connectivity index (χ3v) is 7.80. The lowest BCUT2D eigenvalue weighted by Gasteiger charge is -2.31. The number of piperazine rings is 1. The van der Waals surface area contributed by atoms with Gasteiger partial charge in [0.1, 0.15) is 5.65 Å². The summed E-state index contributed by atoms with van der Waals surface area (Å²) < 4.78 is 29.1. The van der Waals surface area contributed by atoms with Gasteiger partial charge in [-0.05, 0) is 36.2 Å². The fraction of sp³-hybridized carbons (Fsp3) is 0.241. The van der Waals surface area contributed by atoms with E-state index in [1.54, 1.807) is 0 Å². The molecule has 1 unspecified atom stereocenters. The normalized spacial score (nSPS) is 15.0. The summed E-state index contributed by atoms with van der Waals surface area (Å²) in [5.41, 5.74) is 7.22. The second-order valence-corrected chi connectivity index (χ2v) is 11.7. The van der Waals surface area contributed by atoms with Crippen LogP contribution >= 0.6 is 0 Å². The third kappa shape index (κ3) is 5.25. The first-order valence-electron chi connectivity index (χ1n) is 13.0. The van der Waals surface area contributed by atoms with E-state index >= 15 is 0 Å². The largest absolute Gasteiger partial charge is 0.367 e. The smallest absolute Gasteiger partial charge is 0.229 e. The maximum absolute atomic E-state index is 12.2. The Balaban J connectivity index is 1.36. The first-order valence-corrected chi connectivity index (χ1v) is 14.9. The maximum atomic E-state index is 12.2. The number of rotatable bonds is 7. The summed E-state index contributed by atoms with van der Waals surface area (Å²) >= 11 is 0. The van der Waals surface area contributed by atoms with Crippen LogP contribution in [-0.4, -0.2) is 60.6 Å². The summed E-state index contributed by atoms with van der Waals surface area (Å²) in [4.78, 5) is 10.1. The van der Waals surface area contributed by atoms with Crippen LogP contribution in [0, 0.1) is 0 Å². The van der Waals surface area contributed by atoms with Crippen molar-refractivity contribution in [3.8, 4) is 22.3 Å². The average molecular weight is 542 g/mol. The number of benzene rings is 2. The molecule has 1 saturated heterocycles. The Labute approximate surface area is 227 Å². The quantitative estimate of drug-likeness (QED) is 0.280. The summed E-state index contributed by atoms with van der Waals surface area (Å²) in [5.74, 6) is 0. The Kier molecular flexibility index (Phi) is 6.58. The van der Waals surface area contributed by atoms with Gasteiger partial charge in [0.05, 0.1) is 29.9 Å². The van der Waals surface area contributed by atoms with Crippen LogP contribution in [-0.2, 0) is 10.0 Å². The van der Waals surface area contributed by atoms with E-state index in [1.807, 2.05) is 59.7 Å². The molecule has 0 aliphatic carbocycles. The predicted octanol–water partition coefficient (Wildman–Crippen LogP) is 4.48. The molecule has 1 aliphatic rings. The molecule has 200 valence electrons. The maximum Gasteiger partial charge on any atom is 0.229 e. The highest BCUT2D eigenvalue weighted by atomic mass is 32.2. The molecular formula is C29H31N7O2S.